The van der Waals surface area contributed by atoms with E-state index in [-0.39, 0.29) is 11.8 Å². The molecule has 1 saturated carbocycles. The highest BCUT2D eigenvalue weighted by atomic mass is 32.2. The minimum atomic E-state index is -3.08. The van der Waals surface area contributed by atoms with Gasteiger partial charge in [-0.1, -0.05) is 0 Å². The summed E-state index contributed by atoms with van der Waals surface area (Å²) in [6.45, 7) is 2.77. The number of likely N-dealkylation sites (N-methyl/N-ethyl adjacent to an activating group) is 1. The standard InChI is InChI=1S/C12H25N3O2S/c1-15-8-6-12(10-15)14-18(16,17)9-3-2-7-13-11-4-5-11/h11-14H,2-10H2,1H3. The van der Waals surface area contributed by atoms with Crippen LogP contribution in [0.4, 0.5) is 0 Å². The molecular weight excluding hydrogens is 250 g/mol. The summed E-state index contributed by atoms with van der Waals surface area (Å²) in [5.74, 6) is 0.263. The topological polar surface area (TPSA) is 61.4 Å². The van der Waals surface area contributed by atoms with E-state index in [0.29, 0.717) is 6.04 Å². The smallest absolute Gasteiger partial charge is 0.211 e. The summed E-state index contributed by atoms with van der Waals surface area (Å²) in [4.78, 5) is 2.16. The normalized spacial score (nSPS) is 25.7. The summed E-state index contributed by atoms with van der Waals surface area (Å²) in [5, 5.41) is 3.40. The maximum absolute atomic E-state index is 11.9. The number of nitrogens with zero attached hydrogens (tertiary/aromatic N) is 1. The number of sulfonamides is 1. The first-order valence-electron chi connectivity index (χ1n) is 6.97. The lowest BCUT2D eigenvalue weighted by Gasteiger charge is -2.13. The van der Waals surface area contributed by atoms with Crippen LogP contribution in [0.25, 0.3) is 0 Å². The second kappa shape index (κ2) is 6.32. The van der Waals surface area contributed by atoms with E-state index in [1.807, 2.05) is 7.05 Å². The van der Waals surface area contributed by atoms with Crippen LogP contribution < -0.4 is 10.0 Å². The summed E-state index contributed by atoms with van der Waals surface area (Å²) in [6, 6.07) is 0.832. The monoisotopic (exact) mass is 275 g/mol. The largest absolute Gasteiger partial charge is 0.314 e. The van der Waals surface area contributed by atoms with Gasteiger partial charge in [-0.15, -0.1) is 0 Å². The van der Waals surface area contributed by atoms with E-state index in [0.717, 1.165) is 38.9 Å². The third-order valence-corrected chi connectivity index (χ3v) is 5.11. The first kappa shape index (κ1) is 14.2. The van der Waals surface area contributed by atoms with Gasteiger partial charge in [-0.2, -0.15) is 0 Å². The Kier molecular flexibility index (Phi) is 5.00. The van der Waals surface area contributed by atoms with E-state index in [1.165, 1.54) is 12.8 Å². The lowest BCUT2D eigenvalue weighted by atomic mass is 10.3. The Morgan fingerprint density at radius 2 is 1.94 bits per heavy atom. The number of hydrogen-bond donors (Lipinski definition) is 2. The summed E-state index contributed by atoms with van der Waals surface area (Å²) in [7, 11) is -1.05. The highest BCUT2D eigenvalue weighted by Gasteiger charge is 2.24. The van der Waals surface area contributed by atoms with Crippen molar-refractivity contribution >= 4 is 10.0 Å². The van der Waals surface area contributed by atoms with E-state index in [2.05, 4.69) is 14.9 Å². The van der Waals surface area contributed by atoms with Crippen molar-refractivity contribution in [3.8, 4) is 0 Å². The van der Waals surface area contributed by atoms with E-state index in [9.17, 15) is 8.42 Å². The zero-order valence-corrected chi connectivity index (χ0v) is 12.0. The lowest BCUT2D eigenvalue weighted by Crippen LogP contribution is -2.38. The van der Waals surface area contributed by atoms with E-state index < -0.39 is 10.0 Å². The van der Waals surface area contributed by atoms with Gasteiger partial charge < -0.3 is 10.2 Å². The molecule has 1 aliphatic carbocycles. The highest BCUT2D eigenvalue weighted by molar-refractivity contribution is 7.89. The van der Waals surface area contributed by atoms with Gasteiger partial charge in [0.25, 0.3) is 0 Å². The van der Waals surface area contributed by atoms with E-state index in [1.54, 1.807) is 0 Å². The molecule has 0 spiro atoms. The molecule has 18 heavy (non-hydrogen) atoms. The van der Waals surface area contributed by atoms with Gasteiger partial charge in [-0.3, -0.25) is 0 Å². The van der Waals surface area contributed by atoms with Gasteiger partial charge in [0.15, 0.2) is 0 Å². The van der Waals surface area contributed by atoms with E-state index in [4.69, 9.17) is 0 Å². The fourth-order valence-corrected chi connectivity index (χ4v) is 3.76. The van der Waals surface area contributed by atoms with Crippen LogP contribution in [-0.2, 0) is 10.0 Å². The van der Waals surface area contributed by atoms with Gasteiger partial charge in [-0.05, 0) is 52.2 Å². The maximum atomic E-state index is 11.9. The van der Waals surface area contributed by atoms with Crippen molar-refractivity contribution in [2.24, 2.45) is 0 Å². The van der Waals surface area contributed by atoms with Crippen LogP contribution in [0.5, 0.6) is 0 Å². The quantitative estimate of drug-likeness (QED) is 0.619. The van der Waals surface area contributed by atoms with Crippen LogP contribution in [0.2, 0.25) is 0 Å². The number of likely N-dealkylation sites (tertiary alicyclic amines) is 1. The van der Waals surface area contributed by atoms with Crippen LogP contribution in [-0.4, -0.2) is 57.8 Å². The van der Waals surface area contributed by atoms with E-state index >= 15 is 0 Å². The second-order valence-electron chi connectivity index (χ2n) is 5.62. The van der Waals surface area contributed by atoms with Gasteiger partial charge in [0, 0.05) is 18.6 Å². The van der Waals surface area contributed by atoms with Crippen molar-refractivity contribution in [3.63, 3.8) is 0 Å². The Bertz CT molecular complexity index is 354. The van der Waals surface area contributed by atoms with Gasteiger partial charge in [0.05, 0.1) is 5.75 Å². The Morgan fingerprint density at radius 1 is 1.17 bits per heavy atom. The molecule has 2 rings (SSSR count). The summed E-state index contributed by atoms with van der Waals surface area (Å²) in [5.41, 5.74) is 0. The third-order valence-electron chi connectivity index (χ3n) is 3.59. The van der Waals surface area contributed by atoms with Crippen molar-refractivity contribution in [1.29, 1.82) is 0 Å². The van der Waals surface area contributed by atoms with Crippen molar-refractivity contribution < 1.29 is 8.42 Å². The first-order valence-corrected chi connectivity index (χ1v) is 8.62. The molecule has 1 heterocycles. The predicted molar refractivity (Wildman–Crippen MR) is 73.1 cm³/mol. The highest BCUT2D eigenvalue weighted by Crippen LogP contribution is 2.18. The zero-order valence-electron chi connectivity index (χ0n) is 11.2. The van der Waals surface area contributed by atoms with Crippen LogP contribution >= 0.6 is 0 Å². The molecule has 0 aromatic heterocycles. The summed E-state index contributed by atoms with van der Waals surface area (Å²) in [6.07, 6.45) is 5.20. The minimum absolute atomic E-state index is 0.115. The Hall–Kier alpha value is -0.170. The van der Waals surface area contributed by atoms with Gasteiger partial charge in [0.2, 0.25) is 10.0 Å². The first-order chi connectivity index (χ1) is 8.55. The molecule has 2 N–H and O–H groups in total. The average Bonchev–Trinajstić information content (AvgIpc) is 3.02. The average molecular weight is 275 g/mol. The number of rotatable bonds is 8. The lowest BCUT2D eigenvalue weighted by molar-refractivity contribution is 0.407. The van der Waals surface area contributed by atoms with Crippen LogP contribution in [0, 0.1) is 0 Å². The van der Waals surface area contributed by atoms with Gasteiger partial charge >= 0.3 is 0 Å². The molecule has 2 aliphatic rings. The molecule has 2 fully saturated rings. The molecule has 1 aliphatic heterocycles. The Morgan fingerprint density at radius 3 is 2.56 bits per heavy atom. The van der Waals surface area contributed by atoms with Crippen LogP contribution in [0.15, 0.2) is 0 Å². The van der Waals surface area contributed by atoms with Crippen LogP contribution in [0.1, 0.15) is 32.1 Å². The molecule has 5 nitrogen and oxygen atoms in total. The molecule has 0 aromatic rings. The molecule has 106 valence electrons. The van der Waals surface area contributed by atoms with Crippen molar-refractivity contribution in [1.82, 2.24) is 14.9 Å². The van der Waals surface area contributed by atoms with Crippen LogP contribution in [0.3, 0.4) is 0 Å². The van der Waals surface area contributed by atoms with Crippen molar-refractivity contribution in [2.45, 2.75) is 44.2 Å². The Labute approximate surface area is 110 Å². The zero-order chi connectivity index (χ0) is 13.0. The molecule has 0 amide bonds. The molecule has 0 aromatic carbocycles. The maximum Gasteiger partial charge on any atom is 0.211 e. The number of nitrogens with one attached hydrogen (secondary N) is 2. The SMILES string of the molecule is CN1CCC(NS(=O)(=O)CCCCNC2CC2)C1. The summed E-state index contributed by atoms with van der Waals surface area (Å²) >= 11 is 0. The third kappa shape index (κ3) is 5.22. The molecule has 6 heteroatoms. The van der Waals surface area contributed by atoms with Crippen molar-refractivity contribution in [2.75, 3.05) is 32.4 Å². The number of unbranched alkanes of at least 4 members (excludes halogenated alkanes) is 1. The molecule has 0 radical (unpaired) electrons. The number of hydrogen-bond acceptors (Lipinski definition) is 4. The minimum Gasteiger partial charge on any atom is -0.314 e. The summed E-state index contributed by atoms with van der Waals surface area (Å²) < 4.78 is 26.5. The van der Waals surface area contributed by atoms with Crippen molar-refractivity contribution in [3.05, 3.63) is 0 Å². The second-order valence-corrected chi connectivity index (χ2v) is 7.49. The molecular formula is C12H25N3O2S. The predicted octanol–water partition coefficient (Wildman–Crippen LogP) is 0.142. The Balaban J connectivity index is 1.57. The molecule has 0 bridgehead atoms. The fraction of sp³-hybridized carbons (Fsp3) is 1.00. The van der Waals surface area contributed by atoms with Gasteiger partial charge in [-0.25, -0.2) is 13.1 Å². The van der Waals surface area contributed by atoms with Gasteiger partial charge in [0.1, 0.15) is 0 Å². The molecule has 1 unspecified atom stereocenters. The molecule has 1 atom stereocenters. The fourth-order valence-electron chi connectivity index (χ4n) is 2.35. The molecule has 1 saturated heterocycles.